The Kier molecular flexibility index (Phi) is 6.93. The minimum absolute atomic E-state index is 0. The van der Waals surface area contributed by atoms with Crippen molar-refractivity contribution in [3.05, 3.63) is 78.1 Å². The first-order valence-corrected chi connectivity index (χ1v) is 13.0. The Hall–Kier alpha value is -4.50. The number of aromatic amines is 2. The largest absolute Gasteiger partial charge is 0.351 e. The molecule has 9 heteroatoms. The summed E-state index contributed by atoms with van der Waals surface area (Å²) in [6.07, 6.45) is 3.68. The first-order chi connectivity index (χ1) is 18.1. The van der Waals surface area contributed by atoms with Crippen LogP contribution in [-0.2, 0) is 0 Å². The van der Waals surface area contributed by atoms with Crippen molar-refractivity contribution < 1.29 is 4.79 Å². The highest BCUT2D eigenvalue weighted by Crippen LogP contribution is 2.32. The van der Waals surface area contributed by atoms with E-state index < -0.39 is 0 Å². The topological polar surface area (TPSA) is 103 Å². The number of amides is 1. The van der Waals surface area contributed by atoms with Gasteiger partial charge < -0.3 is 15.2 Å². The molecule has 0 aliphatic heterocycles. The van der Waals surface area contributed by atoms with Crippen molar-refractivity contribution in [2.24, 2.45) is 0 Å². The zero-order valence-corrected chi connectivity index (χ0v) is 21.3. The van der Waals surface area contributed by atoms with Crippen LogP contribution in [-0.4, -0.2) is 49.0 Å². The van der Waals surface area contributed by atoms with Crippen LogP contribution in [0.15, 0.2) is 72.4 Å². The molecule has 2 aromatic carbocycles. The monoisotopic (exact) mass is 523 g/mol. The van der Waals surface area contributed by atoms with Gasteiger partial charge in [0.15, 0.2) is 11.6 Å². The van der Waals surface area contributed by atoms with Crippen LogP contribution in [0.3, 0.4) is 0 Å². The number of rotatable bonds is 7. The van der Waals surface area contributed by atoms with Gasteiger partial charge in [0.1, 0.15) is 5.69 Å². The molecule has 192 valence electrons. The third kappa shape index (κ3) is 4.64. The van der Waals surface area contributed by atoms with E-state index >= 15 is 0 Å². The highest BCUT2D eigenvalue weighted by Gasteiger charge is 2.16. The molecule has 0 unspecified atom stereocenters. The predicted octanol–water partition coefficient (Wildman–Crippen LogP) is 7.09. The lowest BCUT2D eigenvalue weighted by atomic mass is 10.1. The summed E-state index contributed by atoms with van der Waals surface area (Å²) in [7, 11) is 0. The van der Waals surface area contributed by atoms with Gasteiger partial charge in [-0.2, -0.15) is 5.10 Å². The van der Waals surface area contributed by atoms with Crippen LogP contribution in [0, 0.1) is 0 Å². The van der Waals surface area contributed by atoms with Crippen LogP contribution < -0.4 is 5.32 Å². The lowest BCUT2D eigenvalue weighted by Crippen LogP contribution is -2.30. The number of nitrogens with zero attached hydrogens (tertiary/aromatic N) is 4. The Bertz CT molecular complexity index is 1700. The number of hydrogen-bond donors (Lipinski definition) is 3. The fraction of sp³-hybridized carbons (Fsp3) is 0.172. The van der Waals surface area contributed by atoms with Gasteiger partial charge in [-0.1, -0.05) is 31.7 Å². The van der Waals surface area contributed by atoms with E-state index in [9.17, 15) is 4.79 Å². The van der Waals surface area contributed by atoms with Crippen molar-refractivity contribution >= 4 is 49.9 Å². The molecule has 0 saturated heterocycles. The maximum Gasteiger partial charge on any atom is 0.270 e. The van der Waals surface area contributed by atoms with Gasteiger partial charge >= 0.3 is 0 Å². The van der Waals surface area contributed by atoms with E-state index in [1.165, 1.54) is 0 Å². The number of carbonyl (C=O) groups excluding carboxylic acids is 1. The fourth-order valence-electron chi connectivity index (χ4n) is 4.43. The molecule has 0 radical (unpaired) electrons. The van der Waals surface area contributed by atoms with Crippen molar-refractivity contribution in [2.45, 2.75) is 21.3 Å². The molecule has 0 spiro atoms. The Labute approximate surface area is 224 Å². The van der Waals surface area contributed by atoms with Crippen molar-refractivity contribution in [3.63, 3.8) is 0 Å². The molecule has 0 aliphatic carbocycles. The van der Waals surface area contributed by atoms with E-state index in [-0.39, 0.29) is 13.3 Å². The van der Waals surface area contributed by atoms with Crippen LogP contribution >= 0.6 is 11.3 Å². The van der Waals surface area contributed by atoms with E-state index in [1.54, 1.807) is 22.4 Å². The number of hydrogen-bond acceptors (Lipinski definition) is 6. The molecule has 0 saturated carbocycles. The number of anilines is 2. The maximum absolute atomic E-state index is 12.8. The lowest BCUT2D eigenvalue weighted by Gasteiger charge is -2.17. The summed E-state index contributed by atoms with van der Waals surface area (Å²) in [6, 6.07) is 18.1. The molecule has 38 heavy (non-hydrogen) atoms. The second-order valence-electron chi connectivity index (χ2n) is 8.68. The van der Waals surface area contributed by atoms with Gasteiger partial charge in [-0.15, -0.1) is 11.3 Å². The van der Waals surface area contributed by atoms with Gasteiger partial charge in [0, 0.05) is 47.0 Å². The van der Waals surface area contributed by atoms with Crippen molar-refractivity contribution in [1.82, 2.24) is 30.0 Å². The molecule has 8 nitrogen and oxygen atoms in total. The van der Waals surface area contributed by atoms with E-state index in [2.05, 4.69) is 32.6 Å². The molecule has 0 bridgehead atoms. The van der Waals surface area contributed by atoms with Gasteiger partial charge in [-0.25, -0.2) is 9.97 Å². The number of aromatic nitrogens is 5. The highest BCUT2D eigenvalue weighted by molar-refractivity contribution is 7.17. The summed E-state index contributed by atoms with van der Waals surface area (Å²) in [6.45, 7) is 5.32. The Morgan fingerprint density at radius 3 is 2.50 bits per heavy atom. The quantitative estimate of drug-likeness (QED) is 0.207. The lowest BCUT2D eigenvalue weighted by molar-refractivity contribution is 0.0768. The number of thiophene rings is 1. The number of H-pyrrole nitrogens is 2. The Morgan fingerprint density at radius 2 is 1.76 bits per heavy atom. The van der Waals surface area contributed by atoms with E-state index in [1.807, 2.05) is 67.9 Å². The molecule has 3 N–H and O–H groups in total. The molecule has 4 heterocycles. The average molecular weight is 524 g/mol. The van der Waals surface area contributed by atoms with E-state index in [4.69, 9.17) is 9.97 Å². The number of fused-ring (bicyclic) bond motifs is 2. The smallest absolute Gasteiger partial charge is 0.270 e. The van der Waals surface area contributed by atoms with Crippen LogP contribution in [0.1, 0.15) is 31.8 Å². The van der Waals surface area contributed by atoms with Crippen molar-refractivity contribution in [3.8, 4) is 22.5 Å². The van der Waals surface area contributed by atoms with Crippen LogP contribution in [0.4, 0.5) is 11.5 Å². The summed E-state index contributed by atoms with van der Waals surface area (Å²) >= 11 is 1.61. The van der Waals surface area contributed by atoms with Gasteiger partial charge in [-0.05, 0) is 55.1 Å². The molecule has 1 amide bonds. The second kappa shape index (κ2) is 10.5. The normalized spacial score (nSPS) is 11.0. The molecule has 6 aromatic rings. The van der Waals surface area contributed by atoms with E-state index in [0.717, 1.165) is 49.3 Å². The molecule has 4 aromatic heterocycles. The molecular formula is C29H29N7OS. The standard InChI is InChI=1S/C28H25N7OS.CH4/c1-3-35(4-2)28(36)24-13-18-5-6-19(14-23(18)32-24)26-33-22-11-12-37-25(22)27(34-26)31-21-9-7-17(8-10-21)20-15-29-30-16-20;/h5-16,32H,3-4H2,1-2H3,(H,29,30)(H,31,33,34);1H4. The zero-order valence-electron chi connectivity index (χ0n) is 20.4. The third-order valence-electron chi connectivity index (χ3n) is 6.44. The van der Waals surface area contributed by atoms with Crippen LogP contribution in [0.25, 0.3) is 43.6 Å². The Balaban J connectivity index is 0.00000294. The van der Waals surface area contributed by atoms with Crippen molar-refractivity contribution in [2.75, 3.05) is 18.4 Å². The van der Waals surface area contributed by atoms with Crippen LogP contribution in [0.2, 0.25) is 0 Å². The van der Waals surface area contributed by atoms with Crippen molar-refractivity contribution in [1.29, 1.82) is 0 Å². The van der Waals surface area contributed by atoms with Crippen LogP contribution in [0.5, 0.6) is 0 Å². The predicted molar refractivity (Wildman–Crippen MR) is 156 cm³/mol. The summed E-state index contributed by atoms with van der Waals surface area (Å²) < 4.78 is 0.996. The third-order valence-corrected chi connectivity index (χ3v) is 7.35. The van der Waals surface area contributed by atoms with Gasteiger partial charge in [0.05, 0.1) is 16.4 Å². The fourth-order valence-corrected chi connectivity index (χ4v) is 5.21. The molecular weight excluding hydrogens is 494 g/mol. The zero-order chi connectivity index (χ0) is 25.4. The highest BCUT2D eigenvalue weighted by atomic mass is 32.1. The second-order valence-corrected chi connectivity index (χ2v) is 9.60. The molecule has 0 atom stereocenters. The van der Waals surface area contributed by atoms with Gasteiger partial charge in [-0.3, -0.25) is 9.89 Å². The Morgan fingerprint density at radius 1 is 0.974 bits per heavy atom. The van der Waals surface area contributed by atoms with Gasteiger partial charge in [0.2, 0.25) is 0 Å². The summed E-state index contributed by atoms with van der Waals surface area (Å²) in [5.41, 5.74) is 6.29. The molecule has 0 fully saturated rings. The van der Waals surface area contributed by atoms with E-state index in [0.29, 0.717) is 24.6 Å². The minimum Gasteiger partial charge on any atom is -0.351 e. The minimum atomic E-state index is 0. The SMILES string of the molecule is C.CCN(CC)C(=O)c1cc2ccc(-c3nc(Nc4ccc(-c5cn[nH]c5)cc4)c4sccc4n3)cc2[nH]1. The first-order valence-electron chi connectivity index (χ1n) is 12.2. The maximum atomic E-state index is 12.8. The molecule has 6 rings (SSSR count). The number of carbonyl (C=O) groups is 1. The summed E-state index contributed by atoms with van der Waals surface area (Å²) in [5.74, 6) is 1.38. The molecule has 0 aliphatic rings. The summed E-state index contributed by atoms with van der Waals surface area (Å²) in [5, 5.41) is 13.3. The first kappa shape index (κ1) is 25.2. The number of benzene rings is 2. The summed E-state index contributed by atoms with van der Waals surface area (Å²) in [4.78, 5) is 27.6. The number of nitrogens with one attached hydrogen (secondary N) is 3. The van der Waals surface area contributed by atoms with Gasteiger partial charge in [0.25, 0.3) is 5.91 Å². The average Bonchev–Trinajstić information content (AvgIpc) is 3.70.